The van der Waals surface area contributed by atoms with Crippen molar-refractivity contribution in [3.63, 3.8) is 0 Å². The molecule has 0 amide bonds. The average molecular weight is 248 g/mol. The summed E-state index contributed by atoms with van der Waals surface area (Å²) in [7, 11) is 0. The first-order valence-electron chi connectivity index (χ1n) is 7.24. The maximum Gasteiger partial charge on any atom is 0.0366 e. The molecular formula is C16H28N2. The number of nitrogens with one attached hydrogen (secondary N) is 1. The summed E-state index contributed by atoms with van der Waals surface area (Å²) in [5.74, 6) is 0. The van der Waals surface area contributed by atoms with Gasteiger partial charge in [-0.1, -0.05) is 39.8 Å². The zero-order valence-corrected chi connectivity index (χ0v) is 12.4. The van der Waals surface area contributed by atoms with Crippen LogP contribution in [0.2, 0.25) is 0 Å². The van der Waals surface area contributed by atoms with Crippen molar-refractivity contribution in [2.75, 3.05) is 18.0 Å². The van der Waals surface area contributed by atoms with Gasteiger partial charge in [0.25, 0.3) is 0 Å². The van der Waals surface area contributed by atoms with E-state index in [4.69, 9.17) is 0 Å². The topological polar surface area (TPSA) is 15.3 Å². The Balaban J connectivity index is 2.61. The van der Waals surface area contributed by atoms with Crippen molar-refractivity contribution in [3.8, 4) is 0 Å². The number of anilines is 1. The van der Waals surface area contributed by atoms with Gasteiger partial charge in [0.2, 0.25) is 0 Å². The van der Waals surface area contributed by atoms with Gasteiger partial charge in [-0.25, -0.2) is 0 Å². The van der Waals surface area contributed by atoms with Crippen molar-refractivity contribution in [3.05, 3.63) is 29.8 Å². The predicted molar refractivity (Wildman–Crippen MR) is 81.2 cm³/mol. The van der Waals surface area contributed by atoms with Gasteiger partial charge in [-0.3, -0.25) is 0 Å². The number of benzene rings is 1. The molecule has 0 aromatic heterocycles. The lowest BCUT2D eigenvalue weighted by atomic mass is 10.1. The second-order valence-corrected chi connectivity index (χ2v) is 5.19. The first-order chi connectivity index (χ1) is 8.67. The second-order valence-electron chi connectivity index (χ2n) is 5.19. The van der Waals surface area contributed by atoms with Gasteiger partial charge >= 0.3 is 0 Å². The summed E-state index contributed by atoms with van der Waals surface area (Å²) in [5, 5.41) is 3.45. The predicted octanol–water partition coefficient (Wildman–Crippen LogP) is 3.81. The molecule has 1 aromatic carbocycles. The SMILES string of the molecule is CCCN(CCC)c1ccc(CNC(C)C)cc1. The van der Waals surface area contributed by atoms with E-state index in [1.54, 1.807) is 0 Å². The molecule has 0 spiro atoms. The first kappa shape index (κ1) is 15.0. The van der Waals surface area contributed by atoms with E-state index >= 15 is 0 Å². The standard InChI is InChI=1S/C16H28N2/c1-5-11-18(12-6-2)16-9-7-15(8-10-16)13-17-14(3)4/h7-10,14,17H,5-6,11-13H2,1-4H3. The molecule has 0 radical (unpaired) electrons. The molecule has 0 saturated carbocycles. The third-order valence-corrected chi connectivity index (χ3v) is 3.00. The third-order valence-electron chi connectivity index (χ3n) is 3.00. The lowest BCUT2D eigenvalue weighted by Gasteiger charge is -2.24. The number of hydrogen-bond donors (Lipinski definition) is 1. The van der Waals surface area contributed by atoms with Crippen LogP contribution in [-0.2, 0) is 6.54 Å². The van der Waals surface area contributed by atoms with Crippen LogP contribution in [0.5, 0.6) is 0 Å². The Morgan fingerprint density at radius 3 is 2.00 bits per heavy atom. The largest absolute Gasteiger partial charge is 0.372 e. The van der Waals surface area contributed by atoms with Crippen LogP contribution in [0.25, 0.3) is 0 Å². The van der Waals surface area contributed by atoms with Crippen molar-refractivity contribution in [2.45, 2.75) is 53.1 Å². The molecule has 0 aliphatic heterocycles. The molecule has 18 heavy (non-hydrogen) atoms. The fourth-order valence-corrected chi connectivity index (χ4v) is 2.06. The summed E-state index contributed by atoms with van der Waals surface area (Å²) >= 11 is 0. The monoisotopic (exact) mass is 248 g/mol. The van der Waals surface area contributed by atoms with E-state index in [1.807, 2.05) is 0 Å². The van der Waals surface area contributed by atoms with Crippen LogP contribution < -0.4 is 10.2 Å². The van der Waals surface area contributed by atoms with Crippen molar-refractivity contribution in [1.82, 2.24) is 5.32 Å². The fraction of sp³-hybridized carbons (Fsp3) is 0.625. The molecule has 0 unspecified atom stereocenters. The smallest absolute Gasteiger partial charge is 0.0366 e. The molecule has 2 heteroatoms. The Morgan fingerprint density at radius 1 is 1.00 bits per heavy atom. The quantitative estimate of drug-likeness (QED) is 0.752. The minimum absolute atomic E-state index is 0.543. The highest BCUT2D eigenvalue weighted by molar-refractivity contribution is 5.47. The molecule has 102 valence electrons. The Labute approximate surface area is 112 Å². The van der Waals surface area contributed by atoms with Gasteiger partial charge in [-0.15, -0.1) is 0 Å². The zero-order valence-electron chi connectivity index (χ0n) is 12.4. The van der Waals surface area contributed by atoms with E-state index in [-0.39, 0.29) is 0 Å². The molecule has 0 heterocycles. The van der Waals surface area contributed by atoms with E-state index in [9.17, 15) is 0 Å². The molecule has 0 aliphatic carbocycles. The Morgan fingerprint density at radius 2 is 1.56 bits per heavy atom. The van der Waals surface area contributed by atoms with E-state index in [2.05, 4.69) is 62.2 Å². The summed E-state index contributed by atoms with van der Waals surface area (Å²) in [4.78, 5) is 2.47. The van der Waals surface area contributed by atoms with Crippen LogP contribution in [0.15, 0.2) is 24.3 Å². The van der Waals surface area contributed by atoms with Gasteiger partial charge in [0.05, 0.1) is 0 Å². The van der Waals surface area contributed by atoms with Gasteiger partial charge in [-0.2, -0.15) is 0 Å². The molecule has 0 atom stereocenters. The zero-order chi connectivity index (χ0) is 13.4. The normalized spacial score (nSPS) is 10.9. The Kier molecular flexibility index (Phi) is 6.81. The van der Waals surface area contributed by atoms with Crippen molar-refractivity contribution in [2.24, 2.45) is 0 Å². The minimum Gasteiger partial charge on any atom is -0.372 e. The van der Waals surface area contributed by atoms with Crippen LogP contribution in [0.3, 0.4) is 0 Å². The summed E-state index contributed by atoms with van der Waals surface area (Å²) in [6.07, 6.45) is 2.41. The molecule has 1 aromatic rings. The van der Waals surface area contributed by atoms with Crippen LogP contribution >= 0.6 is 0 Å². The summed E-state index contributed by atoms with van der Waals surface area (Å²) in [6, 6.07) is 9.53. The molecule has 0 aliphatic rings. The molecule has 1 rings (SSSR count). The highest BCUT2D eigenvalue weighted by atomic mass is 15.1. The van der Waals surface area contributed by atoms with E-state index < -0.39 is 0 Å². The average Bonchev–Trinajstić information content (AvgIpc) is 2.37. The van der Waals surface area contributed by atoms with Crippen LogP contribution in [0.1, 0.15) is 46.1 Å². The van der Waals surface area contributed by atoms with E-state index in [1.165, 1.54) is 24.1 Å². The van der Waals surface area contributed by atoms with Crippen LogP contribution in [-0.4, -0.2) is 19.1 Å². The summed E-state index contributed by atoms with van der Waals surface area (Å²) in [6.45, 7) is 12.1. The van der Waals surface area contributed by atoms with Crippen molar-refractivity contribution < 1.29 is 0 Å². The van der Waals surface area contributed by atoms with Gasteiger partial charge in [-0.05, 0) is 30.5 Å². The second kappa shape index (κ2) is 8.15. The molecular weight excluding hydrogens is 220 g/mol. The molecule has 2 nitrogen and oxygen atoms in total. The lowest BCUT2D eigenvalue weighted by Crippen LogP contribution is -2.25. The lowest BCUT2D eigenvalue weighted by molar-refractivity contribution is 0.589. The number of nitrogens with zero attached hydrogens (tertiary/aromatic N) is 1. The number of rotatable bonds is 8. The third kappa shape index (κ3) is 5.09. The molecule has 1 N–H and O–H groups in total. The van der Waals surface area contributed by atoms with Gasteiger partial charge in [0.15, 0.2) is 0 Å². The van der Waals surface area contributed by atoms with Gasteiger partial charge < -0.3 is 10.2 Å². The van der Waals surface area contributed by atoms with Crippen LogP contribution in [0.4, 0.5) is 5.69 Å². The van der Waals surface area contributed by atoms with E-state index in [0.717, 1.165) is 19.6 Å². The maximum atomic E-state index is 3.45. The van der Waals surface area contributed by atoms with Crippen LogP contribution in [0, 0.1) is 0 Å². The van der Waals surface area contributed by atoms with Gasteiger partial charge in [0.1, 0.15) is 0 Å². The summed E-state index contributed by atoms with van der Waals surface area (Å²) in [5.41, 5.74) is 2.72. The first-order valence-corrected chi connectivity index (χ1v) is 7.24. The van der Waals surface area contributed by atoms with E-state index in [0.29, 0.717) is 6.04 Å². The molecule has 0 bridgehead atoms. The fourth-order valence-electron chi connectivity index (χ4n) is 2.06. The minimum atomic E-state index is 0.543. The van der Waals surface area contributed by atoms with Crippen molar-refractivity contribution >= 4 is 5.69 Å². The molecule has 0 fully saturated rings. The van der Waals surface area contributed by atoms with Crippen molar-refractivity contribution in [1.29, 1.82) is 0 Å². The molecule has 0 saturated heterocycles. The highest BCUT2D eigenvalue weighted by Gasteiger charge is 2.04. The van der Waals surface area contributed by atoms with Gasteiger partial charge in [0, 0.05) is 31.4 Å². The number of hydrogen-bond acceptors (Lipinski definition) is 2. The highest BCUT2D eigenvalue weighted by Crippen LogP contribution is 2.16. The Bertz CT molecular complexity index is 310. The summed E-state index contributed by atoms with van der Waals surface area (Å²) < 4.78 is 0. The maximum absolute atomic E-state index is 3.45. The Hall–Kier alpha value is -1.02.